The first-order chi connectivity index (χ1) is 13.7. The maximum Gasteiger partial charge on any atom is 0.256 e. The Morgan fingerprint density at radius 1 is 1.10 bits per heavy atom. The third-order valence-corrected chi connectivity index (χ3v) is 7.54. The highest BCUT2D eigenvalue weighted by Crippen LogP contribution is 2.28. The third-order valence-electron chi connectivity index (χ3n) is 5.00. The van der Waals surface area contributed by atoms with Crippen molar-refractivity contribution in [3.8, 4) is 5.75 Å². The molecular formula is C21H25BrN2O4S. The number of sulfonamides is 1. The van der Waals surface area contributed by atoms with Crippen LogP contribution in [0.4, 0.5) is 5.69 Å². The van der Waals surface area contributed by atoms with Crippen molar-refractivity contribution >= 4 is 37.5 Å². The molecule has 1 amide bonds. The summed E-state index contributed by atoms with van der Waals surface area (Å²) in [6.07, 6.45) is 1.04. The molecule has 2 unspecified atom stereocenters. The van der Waals surface area contributed by atoms with Crippen molar-refractivity contribution in [1.82, 2.24) is 4.31 Å². The summed E-state index contributed by atoms with van der Waals surface area (Å²) in [6.45, 7) is 5.23. The molecule has 1 aliphatic heterocycles. The molecule has 1 N–H and O–H groups in total. The van der Waals surface area contributed by atoms with Crippen molar-refractivity contribution in [2.45, 2.75) is 25.2 Å². The Morgan fingerprint density at radius 2 is 1.72 bits per heavy atom. The summed E-state index contributed by atoms with van der Waals surface area (Å²) in [5.74, 6) is 0.941. The van der Waals surface area contributed by atoms with Gasteiger partial charge in [0.15, 0.2) is 0 Å². The monoisotopic (exact) mass is 480 g/mol. The number of hydrogen-bond donors (Lipinski definition) is 1. The summed E-state index contributed by atoms with van der Waals surface area (Å²) < 4.78 is 33.3. The molecule has 6 nitrogen and oxygen atoms in total. The second-order valence-corrected chi connectivity index (χ2v) is 10.4. The van der Waals surface area contributed by atoms with Crippen LogP contribution in [-0.4, -0.2) is 38.8 Å². The standard InChI is InChI=1S/C21H25BrN2O4S/c1-14-10-15(2)13-24(12-14)29(26,27)18-7-4-16(5-8-18)23-21(25)19-11-17(28-3)6-9-20(19)22/h4-9,11,14-15H,10,12-13H2,1-3H3,(H,23,25). The number of methoxy groups -OCH3 is 1. The fourth-order valence-corrected chi connectivity index (χ4v) is 5.77. The molecule has 29 heavy (non-hydrogen) atoms. The first kappa shape index (κ1) is 21.8. The van der Waals surface area contributed by atoms with Crippen LogP contribution in [0.25, 0.3) is 0 Å². The van der Waals surface area contributed by atoms with Crippen LogP contribution in [0.3, 0.4) is 0 Å². The van der Waals surface area contributed by atoms with Gasteiger partial charge in [-0.25, -0.2) is 8.42 Å². The predicted molar refractivity (Wildman–Crippen MR) is 117 cm³/mol. The number of amides is 1. The van der Waals surface area contributed by atoms with Gasteiger partial charge >= 0.3 is 0 Å². The van der Waals surface area contributed by atoms with Gasteiger partial charge in [0, 0.05) is 23.2 Å². The molecule has 1 saturated heterocycles. The van der Waals surface area contributed by atoms with E-state index in [1.807, 2.05) is 0 Å². The summed E-state index contributed by atoms with van der Waals surface area (Å²) in [6, 6.07) is 11.4. The topological polar surface area (TPSA) is 75.7 Å². The summed E-state index contributed by atoms with van der Waals surface area (Å²) in [5.41, 5.74) is 0.946. The second kappa shape index (κ2) is 8.85. The Labute approximate surface area is 180 Å². The summed E-state index contributed by atoms with van der Waals surface area (Å²) in [7, 11) is -2.01. The van der Waals surface area contributed by atoms with E-state index in [1.54, 1.807) is 34.6 Å². The minimum atomic E-state index is -3.54. The molecule has 8 heteroatoms. The van der Waals surface area contributed by atoms with Gasteiger partial charge in [-0.1, -0.05) is 13.8 Å². The lowest BCUT2D eigenvalue weighted by Crippen LogP contribution is -2.42. The van der Waals surface area contributed by atoms with E-state index in [9.17, 15) is 13.2 Å². The highest BCUT2D eigenvalue weighted by molar-refractivity contribution is 9.10. The molecule has 1 fully saturated rings. The normalized spacial score (nSPS) is 20.3. The largest absolute Gasteiger partial charge is 0.497 e. The molecule has 3 rings (SSSR count). The lowest BCUT2D eigenvalue weighted by molar-refractivity contribution is 0.102. The van der Waals surface area contributed by atoms with Crippen LogP contribution in [0.5, 0.6) is 5.75 Å². The molecule has 2 aromatic rings. The average Bonchev–Trinajstić information content (AvgIpc) is 2.68. The summed E-state index contributed by atoms with van der Waals surface area (Å²) in [5, 5.41) is 2.79. The molecular weight excluding hydrogens is 456 g/mol. The van der Waals surface area contributed by atoms with E-state index < -0.39 is 10.0 Å². The Morgan fingerprint density at radius 3 is 2.31 bits per heavy atom. The Kier molecular flexibility index (Phi) is 6.65. The molecule has 0 radical (unpaired) electrons. The molecule has 0 spiro atoms. The van der Waals surface area contributed by atoms with Gasteiger partial charge in [-0.05, 0) is 76.7 Å². The molecule has 0 bridgehead atoms. The number of nitrogens with zero attached hydrogens (tertiary/aromatic N) is 1. The maximum atomic E-state index is 13.0. The minimum absolute atomic E-state index is 0.236. The van der Waals surface area contributed by atoms with Crippen LogP contribution in [0.2, 0.25) is 0 Å². The van der Waals surface area contributed by atoms with Crippen LogP contribution in [0, 0.1) is 11.8 Å². The van der Waals surface area contributed by atoms with Crippen molar-refractivity contribution in [2.75, 3.05) is 25.5 Å². The third kappa shape index (κ3) is 4.99. The number of carbonyl (C=O) groups is 1. The van der Waals surface area contributed by atoms with E-state index in [0.717, 1.165) is 6.42 Å². The van der Waals surface area contributed by atoms with Crippen molar-refractivity contribution in [3.63, 3.8) is 0 Å². The Balaban J connectivity index is 1.76. The van der Waals surface area contributed by atoms with Crippen LogP contribution in [-0.2, 0) is 10.0 Å². The molecule has 1 heterocycles. The van der Waals surface area contributed by atoms with Crippen LogP contribution in [0.15, 0.2) is 51.8 Å². The number of piperidine rings is 1. The summed E-state index contributed by atoms with van der Waals surface area (Å²) >= 11 is 3.36. The number of halogens is 1. The van der Waals surface area contributed by atoms with E-state index in [2.05, 4.69) is 35.1 Å². The Bertz CT molecular complexity index is 982. The minimum Gasteiger partial charge on any atom is -0.497 e. The van der Waals surface area contributed by atoms with E-state index >= 15 is 0 Å². The highest BCUT2D eigenvalue weighted by atomic mass is 79.9. The number of ether oxygens (including phenoxy) is 1. The average molecular weight is 481 g/mol. The van der Waals surface area contributed by atoms with Gasteiger partial charge < -0.3 is 10.1 Å². The van der Waals surface area contributed by atoms with Gasteiger partial charge in [0.2, 0.25) is 10.0 Å². The predicted octanol–water partition coefficient (Wildman–Crippen LogP) is 4.38. The lowest BCUT2D eigenvalue weighted by Gasteiger charge is -2.34. The zero-order valence-electron chi connectivity index (χ0n) is 16.7. The van der Waals surface area contributed by atoms with Gasteiger partial charge in [0.1, 0.15) is 5.75 Å². The molecule has 2 aromatic carbocycles. The van der Waals surface area contributed by atoms with E-state index in [0.29, 0.717) is 46.4 Å². The van der Waals surface area contributed by atoms with Gasteiger partial charge in [-0.3, -0.25) is 4.79 Å². The molecule has 1 aliphatic rings. The molecule has 2 atom stereocenters. The number of hydrogen-bond acceptors (Lipinski definition) is 4. The summed E-state index contributed by atoms with van der Waals surface area (Å²) in [4.78, 5) is 12.8. The number of rotatable bonds is 5. The lowest BCUT2D eigenvalue weighted by atomic mass is 9.94. The van der Waals surface area contributed by atoms with Crippen LogP contribution in [0.1, 0.15) is 30.6 Å². The molecule has 156 valence electrons. The molecule has 0 aromatic heterocycles. The van der Waals surface area contributed by atoms with Gasteiger partial charge in [-0.2, -0.15) is 4.31 Å². The van der Waals surface area contributed by atoms with Gasteiger partial charge in [0.05, 0.1) is 17.6 Å². The molecule has 0 saturated carbocycles. The van der Waals surface area contributed by atoms with Crippen LogP contribution < -0.4 is 10.1 Å². The van der Waals surface area contributed by atoms with E-state index in [4.69, 9.17) is 4.74 Å². The van der Waals surface area contributed by atoms with Crippen molar-refractivity contribution in [2.24, 2.45) is 11.8 Å². The highest BCUT2D eigenvalue weighted by Gasteiger charge is 2.31. The number of carbonyl (C=O) groups excluding carboxylic acids is 1. The van der Waals surface area contributed by atoms with E-state index in [-0.39, 0.29) is 10.8 Å². The fraction of sp³-hybridized carbons (Fsp3) is 0.381. The zero-order chi connectivity index (χ0) is 21.2. The van der Waals surface area contributed by atoms with Crippen molar-refractivity contribution in [1.29, 1.82) is 0 Å². The number of nitrogens with one attached hydrogen (secondary N) is 1. The number of anilines is 1. The SMILES string of the molecule is COc1ccc(Br)c(C(=O)Nc2ccc(S(=O)(=O)N3CC(C)CC(C)C3)cc2)c1. The second-order valence-electron chi connectivity index (χ2n) is 7.59. The quantitative estimate of drug-likeness (QED) is 0.688. The number of benzene rings is 2. The smallest absolute Gasteiger partial charge is 0.256 e. The first-order valence-corrected chi connectivity index (χ1v) is 11.7. The zero-order valence-corrected chi connectivity index (χ0v) is 19.1. The molecule has 0 aliphatic carbocycles. The van der Waals surface area contributed by atoms with Gasteiger partial charge in [-0.15, -0.1) is 0 Å². The first-order valence-electron chi connectivity index (χ1n) is 9.46. The van der Waals surface area contributed by atoms with Crippen molar-refractivity contribution < 1.29 is 17.9 Å². The van der Waals surface area contributed by atoms with Gasteiger partial charge in [0.25, 0.3) is 5.91 Å². The van der Waals surface area contributed by atoms with Crippen molar-refractivity contribution in [3.05, 3.63) is 52.5 Å². The Hall–Kier alpha value is -1.90. The maximum absolute atomic E-state index is 13.0. The fourth-order valence-electron chi connectivity index (χ4n) is 3.67. The van der Waals surface area contributed by atoms with Crippen LogP contribution >= 0.6 is 15.9 Å². The van der Waals surface area contributed by atoms with E-state index in [1.165, 1.54) is 19.2 Å².